The normalized spacial score (nSPS) is 10.6. The van der Waals surface area contributed by atoms with Crippen molar-refractivity contribution in [2.45, 2.75) is 11.8 Å². The third-order valence-electron chi connectivity index (χ3n) is 1.89. The van der Waals surface area contributed by atoms with Gasteiger partial charge in [0.15, 0.2) is 5.69 Å². The lowest BCUT2D eigenvalue weighted by atomic mass is 10.2. The molecule has 0 N–H and O–H groups in total. The van der Waals surface area contributed by atoms with Crippen LogP contribution in [-0.2, 0) is 5.33 Å². The average molecular weight is 297 g/mol. The number of aromatic nitrogens is 1. The quantitative estimate of drug-likeness (QED) is 0.487. The van der Waals surface area contributed by atoms with Crippen molar-refractivity contribution in [3.63, 3.8) is 0 Å². The summed E-state index contributed by atoms with van der Waals surface area (Å²) in [4.78, 5) is 13.2. The maximum atomic E-state index is 12.5. The fraction of sp³-hybridized carbons (Fsp3) is 0.375. The number of pyridine rings is 1. The molecule has 0 fully saturated rings. The zero-order chi connectivity index (χ0) is 12.3. The molecule has 0 atom stereocenters. The van der Waals surface area contributed by atoms with Gasteiger partial charge in [-0.3, -0.25) is 10.1 Å². The van der Waals surface area contributed by atoms with Gasteiger partial charge in [0, 0.05) is 5.33 Å². The lowest BCUT2D eigenvalue weighted by molar-refractivity contribution is -0.387. The van der Waals surface area contributed by atoms with E-state index in [4.69, 9.17) is 4.74 Å². The number of ether oxygens (including phenoxy) is 1. The van der Waals surface area contributed by atoms with E-state index in [1.807, 2.05) is 0 Å². The molecule has 88 valence electrons. The van der Waals surface area contributed by atoms with E-state index in [0.29, 0.717) is 0 Å². The second-order valence-corrected chi connectivity index (χ2v) is 3.29. The second-order valence-electron chi connectivity index (χ2n) is 2.73. The zero-order valence-corrected chi connectivity index (χ0v) is 9.70. The smallest absolute Gasteiger partial charge is 0.304 e. The van der Waals surface area contributed by atoms with E-state index >= 15 is 0 Å². The number of methoxy groups -OCH3 is 1. The second kappa shape index (κ2) is 5.15. The van der Waals surface area contributed by atoms with E-state index in [9.17, 15) is 18.9 Å². The van der Waals surface area contributed by atoms with Gasteiger partial charge in [-0.25, -0.2) is 13.8 Å². The molecule has 1 aromatic rings. The largest absolute Gasteiger partial charge is 0.495 e. The maximum Gasteiger partial charge on any atom is 0.304 e. The first-order chi connectivity index (χ1) is 7.52. The number of alkyl halides is 3. The predicted octanol–water partition coefficient (Wildman–Crippen LogP) is 2.83. The average Bonchev–Trinajstić information content (AvgIpc) is 2.26. The first kappa shape index (κ1) is 12.8. The minimum Gasteiger partial charge on any atom is -0.495 e. The molecule has 1 aromatic heterocycles. The molecule has 0 saturated carbocycles. The van der Waals surface area contributed by atoms with Crippen LogP contribution in [0.4, 0.5) is 14.5 Å². The Bertz CT molecular complexity index is 415. The molecular weight excluding hydrogens is 290 g/mol. The number of rotatable bonds is 4. The van der Waals surface area contributed by atoms with Crippen LogP contribution in [0, 0.1) is 10.1 Å². The van der Waals surface area contributed by atoms with Crippen molar-refractivity contribution in [3.05, 3.63) is 27.6 Å². The third kappa shape index (κ3) is 2.26. The molecule has 1 heterocycles. The molecule has 0 spiro atoms. The van der Waals surface area contributed by atoms with E-state index in [1.165, 1.54) is 7.11 Å². The van der Waals surface area contributed by atoms with Crippen LogP contribution in [0.1, 0.15) is 17.7 Å². The summed E-state index contributed by atoms with van der Waals surface area (Å²) in [5, 5.41) is 10.8. The third-order valence-corrected chi connectivity index (χ3v) is 2.45. The number of nitrogens with zero attached hydrogens (tertiary/aromatic N) is 2. The van der Waals surface area contributed by atoms with Crippen LogP contribution in [0.25, 0.3) is 0 Å². The van der Waals surface area contributed by atoms with Gasteiger partial charge >= 0.3 is 5.69 Å². The Morgan fingerprint density at radius 2 is 2.31 bits per heavy atom. The maximum absolute atomic E-state index is 12.5. The molecule has 0 amide bonds. The lowest BCUT2D eigenvalue weighted by Crippen LogP contribution is -2.04. The van der Waals surface area contributed by atoms with Gasteiger partial charge < -0.3 is 4.74 Å². The number of hydrogen-bond donors (Lipinski definition) is 0. The van der Waals surface area contributed by atoms with Crippen molar-refractivity contribution in [2.75, 3.05) is 7.11 Å². The van der Waals surface area contributed by atoms with Crippen molar-refractivity contribution in [3.8, 4) is 5.75 Å². The molecule has 16 heavy (non-hydrogen) atoms. The van der Waals surface area contributed by atoms with Gasteiger partial charge in [-0.15, -0.1) is 0 Å². The highest BCUT2D eigenvalue weighted by atomic mass is 79.9. The van der Waals surface area contributed by atoms with Crippen LogP contribution in [0.15, 0.2) is 6.20 Å². The molecule has 0 saturated heterocycles. The Kier molecular flexibility index (Phi) is 4.11. The standard InChI is InChI=1S/C8H7BrF2N2O3/c1-16-5-3-12-6(8(10)11)7(13(14)15)4(5)2-9/h3,8H,2H2,1H3. The topological polar surface area (TPSA) is 65.3 Å². The Balaban J connectivity index is 3.50. The Hall–Kier alpha value is -1.31. The molecule has 0 radical (unpaired) electrons. The Labute approximate surface area is 97.7 Å². The number of halogens is 3. The van der Waals surface area contributed by atoms with Crippen LogP contribution in [0.5, 0.6) is 5.75 Å². The van der Waals surface area contributed by atoms with E-state index < -0.39 is 22.7 Å². The summed E-state index contributed by atoms with van der Waals surface area (Å²) < 4.78 is 29.9. The summed E-state index contributed by atoms with van der Waals surface area (Å²) in [6.45, 7) is 0. The Morgan fingerprint density at radius 3 is 2.69 bits per heavy atom. The van der Waals surface area contributed by atoms with Crippen LogP contribution in [-0.4, -0.2) is 17.0 Å². The van der Waals surface area contributed by atoms with E-state index in [1.54, 1.807) is 0 Å². The van der Waals surface area contributed by atoms with Crippen LogP contribution < -0.4 is 4.74 Å². The first-order valence-electron chi connectivity index (χ1n) is 4.07. The van der Waals surface area contributed by atoms with Crippen molar-refractivity contribution >= 4 is 21.6 Å². The van der Waals surface area contributed by atoms with E-state index in [2.05, 4.69) is 20.9 Å². The molecular formula is C8H7BrF2N2O3. The van der Waals surface area contributed by atoms with Crippen molar-refractivity contribution in [2.24, 2.45) is 0 Å². The summed E-state index contributed by atoms with van der Waals surface area (Å²) in [5.74, 6) is 0.105. The minimum absolute atomic E-state index is 0.0364. The van der Waals surface area contributed by atoms with E-state index in [0.717, 1.165) is 6.20 Å². The SMILES string of the molecule is COc1cnc(C(F)F)c([N+](=O)[O-])c1CBr. The van der Waals surface area contributed by atoms with Crippen LogP contribution in [0.3, 0.4) is 0 Å². The Morgan fingerprint density at radius 1 is 1.69 bits per heavy atom. The predicted molar refractivity (Wildman–Crippen MR) is 55.0 cm³/mol. The van der Waals surface area contributed by atoms with Gasteiger partial charge in [0.25, 0.3) is 6.43 Å². The summed E-state index contributed by atoms with van der Waals surface area (Å²) in [7, 11) is 1.29. The van der Waals surface area contributed by atoms with Gasteiger partial charge in [0.2, 0.25) is 0 Å². The summed E-state index contributed by atoms with van der Waals surface area (Å²) in [6.07, 6.45) is -1.95. The molecule has 0 bridgehead atoms. The highest BCUT2D eigenvalue weighted by Gasteiger charge is 2.29. The lowest BCUT2D eigenvalue weighted by Gasteiger charge is -2.08. The van der Waals surface area contributed by atoms with Gasteiger partial charge in [-0.1, -0.05) is 15.9 Å². The monoisotopic (exact) mass is 296 g/mol. The van der Waals surface area contributed by atoms with Crippen LogP contribution in [0.2, 0.25) is 0 Å². The summed E-state index contributed by atoms with van der Waals surface area (Å²) >= 11 is 2.99. The molecule has 1 rings (SSSR count). The molecule has 8 heteroatoms. The van der Waals surface area contributed by atoms with Crippen molar-refractivity contribution < 1.29 is 18.4 Å². The molecule has 0 aromatic carbocycles. The molecule has 5 nitrogen and oxygen atoms in total. The zero-order valence-electron chi connectivity index (χ0n) is 8.11. The summed E-state index contributed by atoms with van der Waals surface area (Å²) in [5.41, 5.74) is -1.50. The van der Waals surface area contributed by atoms with Gasteiger partial charge in [0.1, 0.15) is 5.75 Å². The fourth-order valence-corrected chi connectivity index (χ4v) is 1.75. The molecule has 0 aliphatic rings. The van der Waals surface area contributed by atoms with E-state index in [-0.39, 0.29) is 16.6 Å². The fourth-order valence-electron chi connectivity index (χ4n) is 1.21. The minimum atomic E-state index is -3.00. The van der Waals surface area contributed by atoms with Gasteiger partial charge in [0.05, 0.1) is 23.8 Å². The van der Waals surface area contributed by atoms with Gasteiger partial charge in [-0.05, 0) is 0 Å². The summed E-state index contributed by atoms with van der Waals surface area (Å²) in [6, 6.07) is 0. The number of nitro groups is 1. The number of hydrogen-bond acceptors (Lipinski definition) is 4. The highest BCUT2D eigenvalue weighted by molar-refractivity contribution is 9.08. The highest BCUT2D eigenvalue weighted by Crippen LogP contribution is 2.36. The molecule has 0 aliphatic carbocycles. The van der Waals surface area contributed by atoms with Gasteiger partial charge in [-0.2, -0.15) is 0 Å². The molecule has 0 unspecified atom stereocenters. The first-order valence-corrected chi connectivity index (χ1v) is 5.19. The van der Waals surface area contributed by atoms with Crippen LogP contribution >= 0.6 is 15.9 Å². The van der Waals surface area contributed by atoms with Crippen molar-refractivity contribution in [1.29, 1.82) is 0 Å². The van der Waals surface area contributed by atoms with Crippen molar-refractivity contribution in [1.82, 2.24) is 4.98 Å². The molecule has 0 aliphatic heterocycles.